The highest BCUT2D eigenvalue weighted by Crippen LogP contribution is 2.19. The summed E-state index contributed by atoms with van der Waals surface area (Å²) in [4.78, 5) is 24.6. The molecule has 0 bridgehead atoms. The number of aromatic amines is 1. The number of carboxylic acid groups (broad SMARTS) is 1. The number of nitrogens with one attached hydrogen (secondary N) is 1. The van der Waals surface area contributed by atoms with Crippen molar-refractivity contribution >= 4 is 22.5 Å². The van der Waals surface area contributed by atoms with Gasteiger partial charge in [0, 0.05) is 0 Å². The summed E-state index contributed by atoms with van der Waals surface area (Å²) in [7, 11) is 0. The van der Waals surface area contributed by atoms with Crippen LogP contribution in [0, 0.1) is 11.6 Å². The molecular formula is C11H5F2N3O3. The summed E-state index contributed by atoms with van der Waals surface area (Å²) >= 11 is 0. The molecule has 19 heavy (non-hydrogen) atoms. The van der Waals surface area contributed by atoms with E-state index in [9.17, 15) is 18.4 Å². The minimum atomic E-state index is -1.47. The molecule has 0 fully saturated rings. The molecule has 0 unspecified atom stereocenters. The summed E-state index contributed by atoms with van der Waals surface area (Å²) in [6, 6.07) is 2.27. The Hall–Kier alpha value is -2.77. The van der Waals surface area contributed by atoms with Gasteiger partial charge in [0.25, 0.3) is 5.56 Å². The first-order valence-corrected chi connectivity index (χ1v) is 5.11. The van der Waals surface area contributed by atoms with E-state index in [-0.39, 0.29) is 16.6 Å². The quantitative estimate of drug-likeness (QED) is 0.691. The van der Waals surface area contributed by atoms with Gasteiger partial charge in [-0.2, -0.15) is 5.10 Å². The number of nitrogens with zero attached hydrogens (tertiary/aromatic N) is 2. The fourth-order valence-electron chi connectivity index (χ4n) is 1.91. The smallest absolute Gasteiger partial charge is 0.338 e. The number of carboxylic acids is 1. The fraction of sp³-hybridized carbons (Fsp3) is 0. The minimum absolute atomic E-state index is 0.0704. The highest BCUT2D eigenvalue weighted by molar-refractivity contribution is 5.93. The Morgan fingerprint density at radius 1 is 1.37 bits per heavy atom. The first-order chi connectivity index (χ1) is 9.00. The van der Waals surface area contributed by atoms with Crippen molar-refractivity contribution in [2.24, 2.45) is 0 Å². The van der Waals surface area contributed by atoms with Crippen molar-refractivity contribution in [2.45, 2.75) is 0 Å². The normalized spacial score (nSPS) is 11.3. The standard InChI is InChI=1S/C11H5F2N3O3/c12-5-3-14-16-6-2-1-4(11(18)19)7(13)8(6)15-10(17)9(5)16/h1-3H,(H,15,17)(H,18,19). The van der Waals surface area contributed by atoms with E-state index >= 15 is 0 Å². The van der Waals surface area contributed by atoms with Gasteiger partial charge in [-0.1, -0.05) is 0 Å². The summed E-state index contributed by atoms with van der Waals surface area (Å²) < 4.78 is 28.2. The van der Waals surface area contributed by atoms with Crippen molar-refractivity contribution in [3.05, 3.63) is 45.9 Å². The maximum absolute atomic E-state index is 13.9. The van der Waals surface area contributed by atoms with Crippen LogP contribution in [0.15, 0.2) is 23.1 Å². The van der Waals surface area contributed by atoms with E-state index in [1.54, 1.807) is 0 Å². The van der Waals surface area contributed by atoms with Gasteiger partial charge in [0.05, 0.1) is 17.3 Å². The lowest BCUT2D eigenvalue weighted by Gasteiger charge is -2.04. The van der Waals surface area contributed by atoms with Crippen LogP contribution in [0.5, 0.6) is 0 Å². The molecule has 6 nitrogen and oxygen atoms in total. The van der Waals surface area contributed by atoms with Gasteiger partial charge < -0.3 is 10.1 Å². The van der Waals surface area contributed by atoms with E-state index in [0.29, 0.717) is 0 Å². The highest BCUT2D eigenvalue weighted by atomic mass is 19.1. The van der Waals surface area contributed by atoms with Crippen molar-refractivity contribution in [3.63, 3.8) is 0 Å². The van der Waals surface area contributed by atoms with Crippen LogP contribution in [0.4, 0.5) is 8.78 Å². The zero-order valence-corrected chi connectivity index (χ0v) is 9.15. The summed E-state index contributed by atoms with van der Waals surface area (Å²) in [5.74, 6) is -3.40. The van der Waals surface area contributed by atoms with Gasteiger partial charge in [-0.15, -0.1) is 0 Å². The number of H-pyrrole nitrogens is 1. The molecule has 2 heterocycles. The maximum atomic E-state index is 13.9. The van der Waals surface area contributed by atoms with Gasteiger partial charge in [0.2, 0.25) is 0 Å². The number of hydrogen-bond acceptors (Lipinski definition) is 3. The maximum Gasteiger partial charge on any atom is 0.338 e. The average Bonchev–Trinajstić information content (AvgIpc) is 2.73. The van der Waals surface area contributed by atoms with Gasteiger partial charge in [0.1, 0.15) is 5.52 Å². The third kappa shape index (κ3) is 1.43. The van der Waals surface area contributed by atoms with E-state index in [2.05, 4.69) is 10.1 Å². The van der Waals surface area contributed by atoms with Crippen LogP contribution in [-0.4, -0.2) is 25.7 Å². The topological polar surface area (TPSA) is 87.5 Å². The lowest BCUT2D eigenvalue weighted by Crippen LogP contribution is -2.14. The zero-order valence-electron chi connectivity index (χ0n) is 9.15. The molecule has 0 saturated carbocycles. The average molecular weight is 265 g/mol. The third-order valence-electron chi connectivity index (χ3n) is 2.76. The van der Waals surface area contributed by atoms with Crippen molar-refractivity contribution in [1.82, 2.24) is 14.6 Å². The van der Waals surface area contributed by atoms with Crippen LogP contribution < -0.4 is 5.56 Å². The van der Waals surface area contributed by atoms with Crippen molar-refractivity contribution in [1.29, 1.82) is 0 Å². The molecule has 2 N–H and O–H groups in total. The van der Waals surface area contributed by atoms with Crippen LogP contribution in [0.2, 0.25) is 0 Å². The lowest BCUT2D eigenvalue weighted by molar-refractivity contribution is 0.0692. The molecule has 0 spiro atoms. The van der Waals surface area contributed by atoms with Gasteiger partial charge >= 0.3 is 5.97 Å². The van der Waals surface area contributed by atoms with Crippen molar-refractivity contribution in [3.8, 4) is 0 Å². The molecule has 0 saturated heterocycles. The number of rotatable bonds is 1. The van der Waals surface area contributed by atoms with E-state index in [0.717, 1.165) is 16.8 Å². The molecule has 0 aliphatic rings. The predicted octanol–water partition coefficient (Wildman–Crippen LogP) is 1.15. The Morgan fingerprint density at radius 2 is 2.11 bits per heavy atom. The zero-order chi connectivity index (χ0) is 13.7. The van der Waals surface area contributed by atoms with Crippen LogP contribution in [0.25, 0.3) is 16.6 Å². The number of benzene rings is 1. The van der Waals surface area contributed by atoms with E-state index in [1.807, 2.05) is 0 Å². The largest absolute Gasteiger partial charge is 0.478 e. The van der Waals surface area contributed by atoms with Crippen LogP contribution >= 0.6 is 0 Å². The summed E-state index contributed by atoms with van der Waals surface area (Å²) in [6.07, 6.45) is 0.826. The first kappa shape index (κ1) is 11.3. The molecule has 8 heteroatoms. The monoisotopic (exact) mass is 265 g/mol. The van der Waals surface area contributed by atoms with Gasteiger partial charge in [-0.25, -0.2) is 18.1 Å². The Morgan fingerprint density at radius 3 is 2.79 bits per heavy atom. The molecule has 1 aromatic carbocycles. The number of carbonyl (C=O) groups is 1. The van der Waals surface area contributed by atoms with Gasteiger partial charge in [0.15, 0.2) is 17.2 Å². The number of hydrogen-bond donors (Lipinski definition) is 2. The number of aromatic nitrogens is 3. The van der Waals surface area contributed by atoms with Crippen molar-refractivity contribution in [2.75, 3.05) is 0 Å². The van der Waals surface area contributed by atoms with E-state index in [4.69, 9.17) is 5.11 Å². The molecule has 0 amide bonds. The molecule has 2 aromatic heterocycles. The second-order valence-corrected chi connectivity index (χ2v) is 3.83. The highest BCUT2D eigenvalue weighted by Gasteiger charge is 2.18. The molecule has 3 rings (SSSR count). The van der Waals surface area contributed by atoms with Crippen LogP contribution in [-0.2, 0) is 0 Å². The van der Waals surface area contributed by atoms with E-state index in [1.165, 1.54) is 6.07 Å². The molecule has 0 radical (unpaired) electrons. The summed E-state index contributed by atoms with van der Waals surface area (Å²) in [6.45, 7) is 0. The minimum Gasteiger partial charge on any atom is -0.478 e. The Labute approximate surface area is 102 Å². The second kappa shape index (κ2) is 3.61. The van der Waals surface area contributed by atoms with Gasteiger partial charge in [-0.3, -0.25) is 4.79 Å². The Balaban J connectivity index is 2.57. The molecule has 3 aromatic rings. The van der Waals surface area contributed by atoms with E-state index < -0.39 is 28.7 Å². The number of aromatic carboxylic acids is 1. The molecule has 0 atom stereocenters. The Bertz CT molecular complexity index is 897. The third-order valence-corrected chi connectivity index (χ3v) is 2.76. The number of halogens is 2. The molecule has 0 aliphatic heterocycles. The molecule has 96 valence electrons. The SMILES string of the molecule is O=C(O)c1ccc2c([nH]c(=O)c3c(F)cnn32)c1F. The van der Waals surface area contributed by atoms with Crippen LogP contribution in [0.3, 0.4) is 0 Å². The summed E-state index contributed by atoms with van der Waals surface area (Å²) in [5.41, 5.74) is -2.09. The Kier molecular flexibility index (Phi) is 2.15. The second-order valence-electron chi connectivity index (χ2n) is 3.83. The van der Waals surface area contributed by atoms with Gasteiger partial charge in [-0.05, 0) is 12.1 Å². The fourth-order valence-corrected chi connectivity index (χ4v) is 1.91. The van der Waals surface area contributed by atoms with Crippen molar-refractivity contribution < 1.29 is 18.7 Å². The summed E-state index contributed by atoms with van der Waals surface area (Å²) in [5, 5.41) is 12.4. The molecule has 0 aliphatic carbocycles. The van der Waals surface area contributed by atoms with Crippen LogP contribution in [0.1, 0.15) is 10.4 Å². The first-order valence-electron chi connectivity index (χ1n) is 5.11. The lowest BCUT2D eigenvalue weighted by atomic mass is 10.2. The molecular weight excluding hydrogens is 260 g/mol. The predicted molar refractivity (Wildman–Crippen MR) is 60.2 cm³/mol. The number of fused-ring (bicyclic) bond motifs is 3.